The lowest BCUT2D eigenvalue weighted by Crippen LogP contribution is -2.42. The molecule has 1 unspecified atom stereocenters. The first kappa shape index (κ1) is 16.5. The summed E-state index contributed by atoms with van der Waals surface area (Å²) in [5.41, 5.74) is 0.585. The zero-order valence-electron chi connectivity index (χ0n) is 12.4. The highest BCUT2D eigenvalue weighted by atomic mass is 79.9. The Kier molecular flexibility index (Phi) is 5.14. The highest BCUT2D eigenvalue weighted by molar-refractivity contribution is 9.10. The molecule has 2 rings (SSSR count). The average molecular weight is 377 g/mol. The number of aryl methyl sites for hydroxylation is 1. The van der Waals surface area contributed by atoms with E-state index in [-0.39, 0.29) is 23.5 Å². The van der Waals surface area contributed by atoms with E-state index >= 15 is 0 Å². The van der Waals surface area contributed by atoms with E-state index in [1.807, 2.05) is 13.2 Å². The Labute approximate surface area is 134 Å². The Balaban J connectivity index is 2.23. The van der Waals surface area contributed by atoms with Crippen LogP contribution in [-0.2, 0) is 16.9 Å². The number of hydrogen-bond donors (Lipinski definition) is 0. The molecule has 1 aliphatic rings. The maximum Gasteiger partial charge on any atom is 0.270 e. The van der Waals surface area contributed by atoms with Crippen LogP contribution in [0.15, 0.2) is 16.7 Å². The second kappa shape index (κ2) is 6.52. The Morgan fingerprint density at radius 1 is 1.52 bits per heavy atom. The predicted octanol–water partition coefficient (Wildman–Crippen LogP) is 2.22. The molecule has 5 nitrogen and oxygen atoms in total. The molecule has 118 valence electrons. The molecule has 1 atom stereocenters. The van der Waals surface area contributed by atoms with Gasteiger partial charge in [0.1, 0.15) is 5.69 Å². The summed E-state index contributed by atoms with van der Waals surface area (Å²) < 4.78 is 26.0. The summed E-state index contributed by atoms with van der Waals surface area (Å²) in [6, 6.07) is 1.59. The standard InChI is InChI=1S/C14H21BrN2O3S/c1-3-4-6-17(12-5-7-21(19,20)10-12)14(18)13-8-11(15)9-16(13)2/h8-9,12H,3-7,10H2,1-2H3. The van der Waals surface area contributed by atoms with Crippen molar-refractivity contribution in [3.8, 4) is 0 Å². The average Bonchev–Trinajstić information content (AvgIpc) is 2.92. The number of aromatic nitrogens is 1. The highest BCUT2D eigenvalue weighted by Crippen LogP contribution is 2.22. The lowest BCUT2D eigenvalue weighted by atomic mass is 10.2. The van der Waals surface area contributed by atoms with E-state index in [9.17, 15) is 13.2 Å². The summed E-state index contributed by atoms with van der Waals surface area (Å²) in [7, 11) is -1.18. The minimum atomic E-state index is -3.00. The molecule has 1 fully saturated rings. The van der Waals surface area contributed by atoms with Gasteiger partial charge in [0, 0.05) is 30.3 Å². The monoisotopic (exact) mass is 376 g/mol. The molecule has 0 bridgehead atoms. The van der Waals surface area contributed by atoms with Gasteiger partial charge < -0.3 is 9.47 Å². The molecule has 1 aromatic heterocycles. The third-order valence-electron chi connectivity index (χ3n) is 3.85. The first-order chi connectivity index (χ1) is 9.84. The fraction of sp³-hybridized carbons (Fsp3) is 0.643. The summed E-state index contributed by atoms with van der Waals surface area (Å²) in [4.78, 5) is 14.5. The number of carbonyl (C=O) groups is 1. The van der Waals surface area contributed by atoms with Crippen LogP contribution in [0.4, 0.5) is 0 Å². The van der Waals surface area contributed by atoms with Gasteiger partial charge in [-0.25, -0.2) is 8.42 Å². The van der Waals surface area contributed by atoms with Gasteiger partial charge >= 0.3 is 0 Å². The first-order valence-electron chi connectivity index (χ1n) is 7.17. The minimum Gasteiger partial charge on any atom is -0.345 e. The largest absolute Gasteiger partial charge is 0.345 e. The fourth-order valence-electron chi connectivity index (χ4n) is 2.68. The van der Waals surface area contributed by atoms with Crippen LogP contribution < -0.4 is 0 Å². The maximum atomic E-state index is 12.8. The van der Waals surface area contributed by atoms with Crippen molar-refractivity contribution < 1.29 is 13.2 Å². The van der Waals surface area contributed by atoms with Crippen molar-refractivity contribution in [2.45, 2.75) is 32.2 Å². The van der Waals surface area contributed by atoms with Crippen LogP contribution in [0.25, 0.3) is 0 Å². The van der Waals surface area contributed by atoms with Gasteiger partial charge in [-0.2, -0.15) is 0 Å². The number of carbonyl (C=O) groups excluding carboxylic acids is 1. The number of amides is 1. The van der Waals surface area contributed by atoms with Crippen LogP contribution in [0.2, 0.25) is 0 Å². The van der Waals surface area contributed by atoms with Crippen molar-refractivity contribution in [2.24, 2.45) is 7.05 Å². The Morgan fingerprint density at radius 2 is 2.24 bits per heavy atom. The summed E-state index contributed by atoms with van der Waals surface area (Å²) in [5.74, 6) is 0.192. The highest BCUT2D eigenvalue weighted by Gasteiger charge is 2.35. The fourth-order valence-corrected chi connectivity index (χ4v) is 4.94. The van der Waals surface area contributed by atoms with Crippen LogP contribution in [0.3, 0.4) is 0 Å². The SMILES string of the molecule is CCCCN(C(=O)c1cc(Br)cn1C)C1CCS(=O)(=O)C1. The van der Waals surface area contributed by atoms with Gasteiger partial charge in [0.05, 0.1) is 11.5 Å². The summed E-state index contributed by atoms with van der Waals surface area (Å²) in [5, 5.41) is 0. The molecule has 0 aromatic carbocycles. The molecule has 0 saturated carbocycles. The molecular weight excluding hydrogens is 356 g/mol. The van der Waals surface area contributed by atoms with Gasteiger partial charge in [0.15, 0.2) is 9.84 Å². The molecule has 1 saturated heterocycles. The van der Waals surface area contributed by atoms with Crippen molar-refractivity contribution in [2.75, 3.05) is 18.1 Å². The van der Waals surface area contributed by atoms with Gasteiger partial charge in [-0.3, -0.25) is 4.79 Å². The van der Waals surface area contributed by atoms with E-state index in [0.29, 0.717) is 18.7 Å². The van der Waals surface area contributed by atoms with E-state index in [4.69, 9.17) is 0 Å². The summed E-state index contributed by atoms with van der Waals surface area (Å²) >= 11 is 3.37. The third kappa shape index (κ3) is 3.88. The molecule has 0 radical (unpaired) electrons. The number of unbranched alkanes of at least 4 members (excludes halogenated alkanes) is 1. The van der Waals surface area contributed by atoms with Crippen LogP contribution in [0, 0.1) is 0 Å². The van der Waals surface area contributed by atoms with Gasteiger partial charge in [-0.05, 0) is 34.8 Å². The number of sulfone groups is 1. The van der Waals surface area contributed by atoms with E-state index in [1.54, 1.807) is 15.5 Å². The number of rotatable bonds is 5. The van der Waals surface area contributed by atoms with Crippen molar-refractivity contribution in [3.63, 3.8) is 0 Å². The topological polar surface area (TPSA) is 59.4 Å². The van der Waals surface area contributed by atoms with E-state index in [1.165, 1.54) is 0 Å². The molecule has 1 amide bonds. The maximum absolute atomic E-state index is 12.8. The smallest absolute Gasteiger partial charge is 0.270 e. The Morgan fingerprint density at radius 3 is 2.71 bits per heavy atom. The molecule has 1 aliphatic heterocycles. The van der Waals surface area contributed by atoms with Crippen LogP contribution in [0.5, 0.6) is 0 Å². The zero-order valence-corrected chi connectivity index (χ0v) is 14.8. The lowest BCUT2D eigenvalue weighted by molar-refractivity contribution is 0.0684. The molecular formula is C14H21BrN2O3S. The quantitative estimate of drug-likeness (QED) is 0.791. The van der Waals surface area contributed by atoms with Gasteiger partial charge in [0.2, 0.25) is 0 Å². The molecule has 7 heteroatoms. The van der Waals surface area contributed by atoms with E-state index in [2.05, 4.69) is 22.9 Å². The van der Waals surface area contributed by atoms with Gasteiger partial charge in [-0.15, -0.1) is 0 Å². The second-order valence-corrected chi connectivity index (χ2v) is 8.71. The third-order valence-corrected chi connectivity index (χ3v) is 6.04. The van der Waals surface area contributed by atoms with E-state index < -0.39 is 9.84 Å². The van der Waals surface area contributed by atoms with Crippen LogP contribution in [-0.4, -0.2) is 47.9 Å². The lowest BCUT2D eigenvalue weighted by Gasteiger charge is -2.28. The van der Waals surface area contributed by atoms with Crippen molar-refractivity contribution >= 4 is 31.7 Å². The van der Waals surface area contributed by atoms with Crippen LogP contribution in [0.1, 0.15) is 36.7 Å². The Hall–Kier alpha value is -0.820. The molecule has 2 heterocycles. The van der Waals surface area contributed by atoms with Crippen molar-refractivity contribution in [3.05, 3.63) is 22.4 Å². The van der Waals surface area contributed by atoms with Crippen molar-refractivity contribution in [1.29, 1.82) is 0 Å². The van der Waals surface area contributed by atoms with Crippen molar-refractivity contribution in [1.82, 2.24) is 9.47 Å². The zero-order chi connectivity index (χ0) is 15.6. The predicted molar refractivity (Wildman–Crippen MR) is 86.1 cm³/mol. The molecule has 21 heavy (non-hydrogen) atoms. The number of nitrogens with zero attached hydrogens (tertiary/aromatic N) is 2. The summed E-state index contributed by atoms with van der Waals surface area (Å²) in [6.07, 6.45) is 4.23. The minimum absolute atomic E-state index is 0.0845. The van der Waals surface area contributed by atoms with Gasteiger partial charge in [-0.1, -0.05) is 13.3 Å². The molecule has 0 aliphatic carbocycles. The second-order valence-electron chi connectivity index (χ2n) is 5.56. The van der Waals surface area contributed by atoms with Crippen LogP contribution >= 0.6 is 15.9 Å². The normalized spacial score (nSPS) is 20.6. The molecule has 0 N–H and O–H groups in total. The van der Waals surface area contributed by atoms with Gasteiger partial charge in [0.25, 0.3) is 5.91 Å². The summed E-state index contributed by atoms with van der Waals surface area (Å²) in [6.45, 7) is 2.67. The Bertz CT molecular complexity index is 624. The van der Waals surface area contributed by atoms with E-state index in [0.717, 1.165) is 17.3 Å². The molecule has 0 spiro atoms. The number of hydrogen-bond acceptors (Lipinski definition) is 3. The number of halogens is 1. The molecule has 1 aromatic rings. The first-order valence-corrected chi connectivity index (χ1v) is 9.78.